The number of anilines is 2. The summed E-state index contributed by atoms with van der Waals surface area (Å²) in [4.78, 5) is 30.9. The molecule has 0 bridgehead atoms. The predicted octanol–water partition coefficient (Wildman–Crippen LogP) is 2.54. The first kappa shape index (κ1) is 18.3. The van der Waals surface area contributed by atoms with Gasteiger partial charge in [-0.15, -0.1) is 0 Å². The number of benzene rings is 2. The molecular formula is C22H25N3O3. The van der Waals surface area contributed by atoms with E-state index in [-0.39, 0.29) is 25.0 Å². The third-order valence-corrected chi connectivity index (χ3v) is 5.63. The first-order valence-electron chi connectivity index (χ1n) is 9.71. The molecule has 2 aliphatic rings. The quantitative estimate of drug-likeness (QED) is 0.819. The molecule has 0 saturated carbocycles. The van der Waals surface area contributed by atoms with Crippen LogP contribution in [-0.2, 0) is 9.59 Å². The average molecular weight is 379 g/mol. The minimum atomic E-state index is -0.175. The molecule has 2 aromatic carbocycles. The Bertz CT molecular complexity index is 847. The van der Waals surface area contributed by atoms with Crippen LogP contribution in [0.2, 0.25) is 0 Å². The van der Waals surface area contributed by atoms with Crippen molar-refractivity contribution in [1.82, 2.24) is 4.90 Å². The van der Waals surface area contributed by atoms with Crippen LogP contribution in [0.4, 0.5) is 11.4 Å². The van der Waals surface area contributed by atoms with Gasteiger partial charge in [-0.25, -0.2) is 0 Å². The van der Waals surface area contributed by atoms with Gasteiger partial charge in [-0.2, -0.15) is 0 Å². The smallest absolute Gasteiger partial charge is 0.265 e. The van der Waals surface area contributed by atoms with Crippen LogP contribution in [0.25, 0.3) is 0 Å². The van der Waals surface area contributed by atoms with E-state index < -0.39 is 0 Å². The molecule has 0 unspecified atom stereocenters. The fourth-order valence-electron chi connectivity index (χ4n) is 3.94. The number of carbonyl (C=O) groups is 2. The zero-order chi connectivity index (χ0) is 19.5. The fraction of sp³-hybridized carbons (Fsp3) is 0.364. The molecule has 4 rings (SSSR count). The first-order valence-corrected chi connectivity index (χ1v) is 9.71. The van der Waals surface area contributed by atoms with Gasteiger partial charge in [0.1, 0.15) is 12.3 Å². The van der Waals surface area contributed by atoms with E-state index in [1.54, 1.807) is 4.90 Å². The Balaban J connectivity index is 1.36. The molecule has 28 heavy (non-hydrogen) atoms. The number of likely N-dealkylation sites (tertiary alicyclic amines) is 1. The predicted molar refractivity (Wildman–Crippen MR) is 109 cm³/mol. The van der Waals surface area contributed by atoms with Crippen LogP contribution < -0.4 is 14.5 Å². The van der Waals surface area contributed by atoms with Gasteiger partial charge in [0.25, 0.3) is 5.91 Å². The second-order valence-electron chi connectivity index (χ2n) is 7.29. The minimum absolute atomic E-state index is 0.00846. The molecule has 6 heteroatoms. The molecule has 0 aliphatic carbocycles. The summed E-state index contributed by atoms with van der Waals surface area (Å²) >= 11 is 0. The molecule has 6 nitrogen and oxygen atoms in total. The molecule has 1 fully saturated rings. The number of fused-ring (bicyclic) bond motifs is 1. The highest BCUT2D eigenvalue weighted by molar-refractivity contribution is 6.02. The maximum atomic E-state index is 12.8. The van der Waals surface area contributed by atoms with Crippen molar-refractivity contribution in [1.29, 1.82) is 0 Å². The number of rotatable bonds is 4. The summed E-state index contributed by atoms with van der Waals surface area (Å²) in [7, 11) is 2.11. The maximum Gasteiger partial charge on any atom is 0.265 e. The van der Waals surface area contributed by atoms with Crippen molar-refractivity contribution < 1.29 is 14.3 Å². The Morgan fingerprint density at radius 2 is 1.75 bits per heavy atom. The lowest BCUT2D eigenvalue weighted by molar-refractivity contribution is -0.132. The van der Waals surface area contributed by atoms with E-state index in [9.17, 15) is 9.59 Å². The van der Waals surface area contributed by atoms with Gasteiger partial charge in [0.05, 0.1) is 5.69 Å². The summed E-state index contributed by atoms with van der Waals surface area (Å²) in [6, 6.07) is 18.1. The van der Waals surface area contributed by atoms with Gasteiger partial charge >= 0.3 is 0 Å². The molecule has 0 aromatic heterocycles. The van der Waals surface area contributed by atoms with Crippen LogP contribution >= 0.6 is 0 Å². The molecule has 146 valence electrons. The number of ether oxygens (including phenoxy) is 1. The lowest BCUT2D eigenvalue weighted by atomic mass is 10.0. The molecule has 0 atom stereocenters. The Kier molecular flexibility index (Phi) is 5.19. The van der Waals surface area contributed by atoms with Crippen LogP contribution in [0.3, 0.4) is 0 Å². The average Bonchev–Trinajstić information content (AvgIpc) is 2.76. The molecule has 2 aromatic rings. The molecule has 0 radical (unpaired) electrons. The summed E-state index contributed by atoms with van der Waals surface area (Å²) in [6.45, 7) is 1.47. The van der Waals surface area contributed by atoms with Crippen molar-refractivity contribution in [2.24, 2.45) is 0 Å². The van der Waals surface area contributed by atoms with E-state index in [1.165, 1.54) is 5.69 Å². The first-order chi connectivity index (χ1) is 13.6. The normalized spacial score (nSPS) is 17.1. The number of para-hydroxylation sites is 3. The largest absolute Gasteiger partial charge is 0.482 e. The van der Waals surface area contributed by atoms with E-state index in [0.717, 1.165) is 12.8 Å². The van der Waals surface area contributed by atoms with Gasteiger partial charge in [-0.3, -0.25) is 14.5 Å². The van der Waals surface area contributed by atoms with Gasteiger partial charge < -0.3 is 14.5 Å². The van der Waals surface area contributed by atoms with E-state index >= 15 is 0 Å². The molecular weight excluding hydrogens is 354 g/mol. The second kappa shape index (κ2) is 7.92. The number of hydrogen-bond donors (Lipinski definition) is 0. The van der Waals surface area contributed by atoms with Crippen LogP contribution in [0.15, 0.2) is 54.6 Å². The Morgan fingerprint density at radius 1 is 1.07 bits per heavy atom. The van der Waals surface area contributed by atoms with Crippen molar-refractivity contribution in [2.45, 2.75) is 18.9 Å². The highest BCUT2D eigenvalue weighted by atomic mass is 16.5. The SMILES string of the molecule is CN(c1ccccc1)C1CCN(C(=O)CN2C(=O)COc3ccccc32)CC1. The van der Waals surface area contributed by atoms with Crippen LogP contribution in [0.1, 0.15) is 12.8 Å². The van der Waals surface area contributed by atoms with Gasteiger partial charge in [0, 0.05) is 31.9 Å². The lowest BCUT2D eigenvalue weighted by Gasteiger charge is -2.38. The van der Waals surface area contributed by atoms with E-state index in [2.05, 4.69) is 24.1 Å². The summed E-state index contributed by atoms with van der Waals surface area (Å²) in [6.07, 6.45) is 1.84. The van der Waals surface area contributed by atoms with Gasteiger partial charge in [-0.05, 0) is 37.1 Å². The number of carbonyl (C=O) groups excluding carboxylic acids is 2. The lowest BCUT2D eigenvalue weighted by Crippen LogP contribution is -2.50. The second-order valence-corrected chi connectivity index (χ2v) is 7.29. The van der Waals surface area contributed by atoms with E-state index in [0.29, 0.717) is 30.6 Å². The number of hydrogen-bond acceptors (Lipinski definition) is 4. The summed E-state index contributed by atoms with van der Waals surface area (Å²) < 4.78 is 5.45. The zero-order valence-electron chi connectivity index (χ0n) is 16.1. The molecule has 1 saturated heterocycles. The number of piperidine rings is 1. The van der Waals surface area contributed by atoms with Gasteiger partial charge in [0.2, 0.25) is 5.91 Å². The van der Waals surface area contributed by atoms with Crippen molar-refractivity contribution in [3.8, 4) is 5.75 Å². The number of nitrogens with zero attached hydrogens (tertiary/aromatic N) is 3. The molecule has 2 amide bonds. The Morgan fingerprint density at radius 3 is 2.50 bits per heavy atom. The molecule has 2 heterocycles. The monoisotopic (exact) mass is 379 g/mol. The molecule has 0 N–H and O–H groups in total. The van der Waals surface area contributed by atoms with Crippen LogP contribution in [0, 0.1) is 0 Å². The highest BCUT2D eigenvalue weighted by Crippen LogP contribution is 2.31. The van der Waals surface area contributed by atoms with E-state index in [4.69, 9.17) is 4.74 Å². The fourth-order valence-corrected chi connectivity index (χ4v) is 3.94. The molecule has 2 aliphatic heterocycles. The third-order valence-electron chi connectivity index (χ3n) is 5.63. The standard InChI is InChI=1S/C22H25N3O3/c1-23(17-7-3-2-4-8-17)18-11-13-24(14-12-18)21(26)15-25-19-9-5-6-10-20(19)28-16-22(25)27/h2-10,18H,11-16H2,1H3. The van der Waals surface area contributed by atoms with Crippen LogP contribution in [-0.4, -0.2) is 56.0 Å². The molecule has 0 spiro atoms. The van der Waals surface area contributed by atoms with Crippen LogP contribution in [0.5, 0.6) is 5.75 Å². The third kappa shape index (κ3) is 3.67. The van der Waals surface area contributed by atoms with Gasteiger partial charge in [0.15, 0.2) is 6.61 Å². The van der Waals surface area contributed by atoms with Crippen molar-refractivity contribution in [3.05, 3.63) is 54.6 Å². The van der Waals surface area contributed by atoms with Crippen molar-refractivity contribution in [2.75, 3.05) is 43.1 Å². The summed E-state index contributed by atoms with van der Waals surface area (Å²) in [5.74, 6) is 0.467. The summed E-state index contributed by atoms with van der Waals surface area (Å²) in [5.41, 5.74) is 1.87. The van der Waals surface area contributed by atoms with Crippen molar-refractivity contribution >= 4 is 23.2 Å². The Hall–Kier alpha value is -3.02. The van der Waals surface area contributed by atoms with Gasteiger partial charge in [-0.1, -0.05) is 30.3 Å². The highest BCUT2D eigenvalue weighted by Gasteiger charge is 2.31. The zero-order valence-corrected chi connectivity index (χ0v) is 16.1. The van der Waals surface area contributed by atoms with Crippen molar-refractivity contribution in [3.63, 3.8) is 0 Å². The summed E-state index contributed by atoms with van der Waals surface area (Å²) in [5, 5.41) is 0. The Labute approximate surface area is 165 Å². The van der Waals surface area contributed by atoms with E-state index in [1.807, 2.05) is 47.4 Å². The maximum absolute atomic E-state index is 12.8. The minimum Gasteiger partial charge on any atom is -0.482 e. The topological polar surface area (TPSA) is 53.1 Å². The number of amides is 2.